The third-order valence-electron chi connectivity index (χ3n) is 6.37. The van der Waals surface area contributed by atoms with Gasteiger partial charge in [-0.1, -0.05) is 0 Å². The second kappa shape index (κ2) is 12.4. The first-order valence-corrected chi connectivity index (χ1v) is 11.2. The fraction of sp³-hybridized carbons (Fsp3) is 1.00. The van der Waals surface area contributed by atoms with E-state index in [1.54, 1.807) is 0 Å². The van der Waals surface area contributed by atoms with E-state index in [1.807, 2.05) is 0 Å². The Kier molecular flexibility index (Phi) is 10.1. The Morgan fingerprint density at radius 2 is 1.26 bits per heavy atom. The minimum Gasteiger partial charge on any atom is -0.394 e. The number of ether oxygens (including phenoxy) is 5. The molecule has 38 heavy (non-hydrogen) atoms. The van der Waals surface area contributed by atoms with Crippen molar-refractivity contribution in [2.24, 2.45) is 0 Å². The molecule has 3 aliphatic heterocycles. The Balaban J connectivity index is 1.85. The van der Waals surface area contributed by atoms with Crippen molar-refractivity contribution in [1.82, 2.24) is 0 Å². The summed E-state index contributed by atoms with van der Waals surface area (Å²) in [5, 5.41) is 120. The predicted octanol–water partition coefficient (Wildman–Crippen LogP) is -8.04. The lowest BCUT2D eigenvalue weighted by atomic mass is 9.95. The lowest BCUT2D eigenvalue weighted by molar-refractivity contribution is -0.825. The average molecular weight is 565 g/mol. The van der Waals surface area contributed by atoms with E-state index in [9.17, 15) is 66.3 Å². The molecule has 11 N–H and O–H groups in total. The maximum Gasteiger partial charge on any atom is 0.355 e. The van der Waals surface area contributed by atoms with Crippen molar-refractivity contribution in [2.75, 3.05) is 19.8 Å². The standard InChI is InChI=1S/C18H31NO19/c20-1-4-7(23)10(26)15(29)18(36-4,38-19(31)32)37-14-6(3-22)34-17(12(28)9(14)25)35-13-5(2-21)33-16(30)11(27)8(13)24/h4-17,20-30H,1-3H2/t4-,5-,6-,7-,8-,9-,10+,11-,12-,13-,14-,15-,16+,17?,18?/m1/s1. The molecular weight excluding hydrogens is 534 g/mol. The summed E-state index contributed by atoms with van der Waals surface area (Å²) < 4.78 is 25.9. The second-order valence-corrected chi connectivity index (χ2v) is 8.80. The molecule has 3 fully saturated rings. The normalized spacial score (nSPS) is 50.0. The molecule has 15 atom stereocenters. The topological polar surface area (TPSA) is 321 Å². The maximum atomic E-state index is 11.2. The van der Waals surface area contributed by atoms with E-state index in [4.69, 9.17) is 23.7 Å². The maximum absolute atomic E-state index is 11.2. The van der Waals surface area contributed by atoms with Crippen LogP contribution in [-0.2, 0) is 28.5 Å². The van der Waals surface area contributed by atoms with Gasteiger partial charge in [-0.15, -0.1) is 10.1 Å². The van der Waals surface area contributed by atoms with Gasteiger partial charge in [0.25, 0.3) is 5.09 Å². The molecule has 3 heterocycles. The van der Waals surface area contributed by atoms with Crippen molar-refractivity contribution in [1.29, 1.82) is 0 Å². The second-order valence-electron chi connectivity index (χ2n) is 8.80. The smallest absolute Gasteiger partial charge is 0.355 e. The van der Waals surface area contributed by atoms with Crippen molar-refractivity contribution in [3.05, 3.63) is 10.1 Å². The van der Waals surface area contributed by atoms with Gasteiger partial charge in [-0.3, -0.25) is 0 Å². The average Bonchev–Trinajstić information content (AvgIpc) is 2.88. The van der Waals surface area contributed by atoms with Gasteiger partial charge < -0.3 is 79.9 Å². The Morgan fingerprint density at radius 3 is 1.82 bits per heavy atom. The summed E-state index contributed by atoms with van der Waals surface area (Å²) in [6, 6.07) is 0. The van der Waals surface area contributed by atoms with Crippen LogP contribution < -0.4 is 0 Å². The zero-order valence-electron chi connectivity index (χ0n) is 19.3. The van der Waals surface area contributed by atoms with Gasteiger partial charge in [-0.05, 0) is 0 Å². The third-order valence-corrected chi connectivity index (χ3v) is 6.37. The van der Waals surface area contributed by atoms with Gasteiger partial charge in [0.05, 0.1) is 19.8 Å². The first-order chi connectivity index (χ1) is 17.8. The zero-order chi connectivity index (χ0) is 28.5. The minimum atomic E-state index is -3.32. The Hall–Kier alpha value is -1.44. The van der Waals surface area contributed by atoms with Crippen LogP contribution in [0.1, 0.15) is 0 Å². The molecule has 3 rings (SSSR count). The highest BCUT2D eigenvalue weighted by Gasteiger charge is 2.61. The van der Waals surface area contributed by atoms with Crippen molar-refractivity contribution in [2.45, 2.75) is 91.8 Å². The first-order valence-electron chi connectivity index (χ1n) is 11.2. The van der Waals surface area contributed by atoms with Crippen LogP contribution in [0, 0.1) is 10.1 Å². The van der Waals surface area contributed by atoms with Crippen LogP contribution >= 0.6 is 0 Å². The van der Waals surface area contributed by atoms with Crippen LogP contribution in [0.3, 0.4) is 0 Å². The number of hydrogen-bond donors (Lipinski definition) is 11. The number of nitrogens with zero attached hydrogens (tertiary/aromatic N) is 1. The minimum absolute atomic E-state index is 0.845. The SMILES string of the molecule is O=[N+]([O-])OC1(O[C@H]2[C@H](O)[C@@H](O)C(O[C@H]3[C@H](O)[C@@H](O)[C@@H](O)O[C@@H]3CO)O[C@@H]2CO)O[C@H](CO)[C@@H](O)[C@H](O)[C@H]1O. The summed E-state index contributed by atoms with van der Waals surface area (Å²) in [5.74, 6) is -3.32. The van der Waals surface area contributed by atoms with Gasteiger partial charge >= 0.3 is 5.97 Å². The molecular formula is C18H31NO19. The molecule has 0 aromatic carbocycles. The number of aliphatic hydroxyl groups excluding tert-OH is 11. The van der Waals surface area contributed by atoms with Crippen LogP contribution in [-0.4, -0.2) is 173 Å². The quantitative estimate of drug-likeness (QED) is 0.0702. The van der Waals surface area contributed by atoms with Gasteiger partial charge in [0.15, 0.2) is 18.7 Å². The van der Waals surface area contributed by atoms with Crippen molar-refractivity contribution < 1.29 is 89.8 Å². The molecule has 0 aromatic rings. The number of aliphatic hydroxyl groups is 11. The van der Waals surface area contributed by atoms with Crippen LogP contribution in [0.2, 0.25) is 0 Å². The van der Waals surface area contributed by atoms with Crippen LogP contribution in [0.25, 0.3) is 0 Å². The van der Waals surface area contributed by atoms with E-state index >= 15 is 0 Å². The lowest BCUT2D eigenvalue weighted by Crippen LogP contribution is -2.71. The van der Waals surface area contributed by atoms with E-state index in [-0.39, 0.29) is 0 Å². The van der Waals surface area contributed by atoms with Crippen molar-refractivity contribution >= 4 is 0 Å². The molecule has 0 saturated carbocycles. The number of rotatable bonds is 9. The van der Waals surface area contributed by atoms with Crippen LogP contribution in [0.4, 0.5) is 0 Å². The third kappa shape index (κ3) is 5.85. The fourth-order valence-electron chi connectivity index (χ4n) is 4.30. The molecule has 0 bridgehead atoms. The molecule has 20 heteroatoms. The van der Waals surface area contributed by atoms with Crippen molar-refractivity contribution in [3.8, 4) is 0 Å². The summed E-state index contributed by atoms with van der Waals surface area (Å²) in [6.45, 7) is -2.95. The predicted molar refractivity (Wildman–Crippen MR) is 108 cm³/mol. The molecule has 0 spiro atoms. The molecule has 0 amide bonds. The Labute approximate surface area is 212 Å². The van der Waals surface area contributed by atoms with E-state index < -0.39 is 117 Å². The van der Waals surface area contributed by atoms with Gasteiger partial charge in [-0.25, -0.2) is 4.84 Å². The summed E-state index contributed by atoms with van der Waals surface area (Å²) in [4.78, 5) is 15.4. The molecule has 0 radical (unpaired) electrons. The molecule has 222 valence electrons. The molecule has 3 aliphatic rings. The molecule has 0 aliphatic carbocycles. The van der Waals surface area contributed by atoms with Gasteiger partial charge in [0.1, 0.15) is 67.1 Å². The van der Waals surface area contributed by atoms with Crippen molar-refractivity contribution in [3.63, 3.8) is 0 Å². The molecule has 20 nitrogen and oxygen atoms in total. The highest BCUT2D eigenvalue weighted by atomic mass is 17.1. The van der Waals surface area contributed by atoms with Gasteiger partial charge in [0.2, 0.25) is 0 Å². The highest BCUT2D eigenvalue weighted by Crippen LogP contribution is 2.37. The summed E-state index contributed by atoms with van der Waals surface area (Å²) in [6.07, 6.45) is -27.5. The lowest BCUT2D eigenvalue weighted by Gasteiger charge is -2.50. The summed E-state index contributed by atoms with van der Waals surface area (Å²) >= 11 is 0. The van der Waals surface area contributed by atoms with E-state index in [2.05, 4.69) is 4.84 Å². The number of hydrogen-bond acceptors (Lipinski definition) is 19. The molecule has 3 saturated heterocycles. The van der Waals surface area contributed by atoms with E-state index in [1.165, 1.54) is 0 Å². The first kappa shape index (κ1) is 31.1. The Bertz CT molecular complexity index is 787. The van der Waals surface area contributed by atoms with Gasteiger partial charge in [0, 0.05) is 0 Å². The van der Waals surface area contributed by atoms with Crippen LogP contribution in [0.15, 0.2) is 0 Å². The molecule has 0 aromatic heterocycles. The van der Waals surface area contributed by atoms with Gasteiger partial charge in [-0.2, -0.15) is 0 Å². The molecule has 2 unspecified atom stereocenters. The monoisotopic (exact) mass is 565 g/mol. The summed E-state index contributed by atoms with van der Waals surface area (Å²) in [7, 11) is 0. The van der Waals surface area contributed by atoms with E-state index in [0.717, 1.165) is 0 Å². The summed E-state index contributed by atoms with van der Waals surface area (Å²) in [5.41, 5.74) is 0. The largest absolute Gasteiger partial charge is 0.394 e. The van der Waals surface area contributed by atoms with Crippen LogP contribution in [0.5, 0.6) is 0 Å². The van der Waals surface area contributed by atoms with E-state index in [0.29, 0.717) is 0 Å². The highest BCUT2D eigenvalue weighted by molar-refractivity contribution is 4.98. The zero-order valence-corrected chi connectivity index (χ0v) is 19.3. The fourth-order valence-corrected chi connectivity index (χ4v) is 4.30. The Morgan fingerprint density at radius 1 is 0.711 bits per heavy atom.